The van der Waals surface area contributed by atoms with E-state index in [1.54, 1.807) is 11.1 Å². The summed E-state index contributed by atoms with van der Waals surface area (Å²) >= 11 is 0. The van der Waals surface area contributed by atoms with Crippen LogP contribution in [0.1, 0.15) is 0 Å². The van der Waals surface area contributed by atoms with Gasteiger partial charge in [-0.05, 0) is 30.3 Å². The molecule has 146 valence electrons. The molecule has 3 aromatic rings. The number of benzene rings is 1. The SMILES string of the molecule is CN(C)c1ccc(-c2nc3cc(N4CCN(CC[18F])CC4=O)ccc3o2)cn1. The molecule has 7 nitrogen and oxygen atoms in total. The van der Waals surface area contributed by atoms with E-state index in [9.17, 15) is 9.18 Å². The molecule has 2 aromatic heterocycles. The lowest BCUT2D eigenvalue weighted by atomic mass is 10.2. The zero-order chi connectivity index (χ0) is 19.7. The topological polar surface area (TPSA) is 65.7 Å². The molecule has 1 fully saturated rings. The van der Waals surface area contributed by atoms with E-state index < -0.39 is 6.67 Å². The van der Waals surface area contributed by atoms with Crippen LogP contribution in [-0.2, 0) is 4.79 Å². The second-order valence-electron chi connectivity index (χ2n) is 6.98. The maximum atomic E-state index is 12.5. The van der Waals surface area contributed by atoms with Gasteiger partial charge in [0.25, 0.3) is 0 Å². The number of anilines is 2. The lowest BCUT2D eigenvalue weighted by molar-refractivity contribution is -0.121. The van der Waals surface area contributed by atoms with Gasteiger partial charge in [0.15, 0.2) is 5.58 Å². The molecule has 0 atom stereocenters. The minimum Gasteiger partial charge on any atom is -0.436 e. The molecule has 4 rings (SSSR count). The number of alkyl halides is 1. The second kappa shape index (κ2) is 7.55. The Labute approximate surface area is 162 Å². The Morgan fingerprint density at radius 2 is 2.07 bits per heavy atom. The highest BCUT2D eigenvalue weighted by atomic mass is 18.2. The van der Waals surface area contributed by atoms with Gasteiger partial charge < -0.3 is 14.2 Å². The summed E-state index contributed by atoms with van der Waals surface area (Å²) in [5.41, 5.74) is 2.90. The summed E-state index contributed by atoms with van der Waals surface area (Å²) in [6.45, 7) is 1.28. The maximum Gasteiger partial charge on any atom is 0.241 e. The molecular weight excluding hydrogens is 360 g/mol. The van der Waals surface area contributed by atoms with Gasteiger partial charge in [-0.2, -0.15) is 0 Å². The Kier molecular flexibility index (Phi) is 4.95. The average Bonchev–Trinajstić information content (AvgIpc) is 3.12. The van der Waals surface area contributed by atoms with Crippen molar-refractivity contribution in [3.63, 3.8) is 0 Å². The molecule has 3 heterocycles. The van der Waals surface area contributed by atoms with Crippen LogP contribution >= 0.6 is 0 Å². The fourth-order valence-corrected chi connectivity index (χ4v) is 3.29. The highest BCUT2D eigenvalue weighted by Gasteiger charge is 2.25. The van der Waals surface area contributed by atoms with Gasteiger partial charge in [0.05, 0.1) is 12.1 Å². The second-order valence-corrected chi connectivity index (χ2v) is 6.98. The van der Waals surface area contributed by atoms with Crippen molar-refractivity contribution in [2.24, 2.45) is 0 Å². The summed E-state index contributed by atoms with van der Waals surface area (Å²) in [6, 6.07) is 9.36. The molecule has 1 saturated heterocycles. The third-order valence-corrected chi connectivity index (χ3v) is 4.84. The van der Waals surface area contributed by atoms with E-state index in [2.05, 4.69) is 9.97 Å². The van der Waals surface area contributed by atoms with Gasteiger partial charge >= 0.3 is 0 Å². The van der Waals surface area contributed by atoms with Gasteiger partial charge in [-0.15, -0.1) is 0 Å². The molecule has 28 heavy (non-hydrogen) atoms. The highest BCUT2D eigenvalue weighted by molar-refractivity contribution is 5.97. The predicted octanol–water partition coefficient (Wildman–Crippen LogP) is 2.57. The zero-order valence-electron chi connectivity index (χ0n) is 15.9. The number of piperazine rings is 1. The molecule has 1 aromatic carbocycles. The van der Waals surface area contributed by atoms with E-state index in [4.69, 9.17) is 4.42 Å². The van der Waals surface area contributed by atoms with Crippen LogP contribution in [0.15, 0.2) is 40.9 Å². The van der Waals surface area contributed by atoms with Gasteiger partial charge in [-0.3, -0.25) is 9.69 Å². The van der Waals surface area contributed by atoms with Crippen LogP contribution in [0, 0.1) is 0 Å². The number of hydrogen-bond donors (Lipinski definition) is 0. The fourth-order valence-electron chi connectivity index (χ4n) is 3.29. The number of fused-ring (bicyclic) bond motifs is 1. The van der Waals surface area contributed by atoms with Crippen molar-refractivity contribution < 1.29 is 13.6 Å². The summed E-state index contributed by atoms with van der Waals surface area (Å²) in [7, 11) is 3.86. The molecule has 0 bridgehead atoms. The van der Waals surface area contributed by atoms with E-state index in [1.807, 2.05) is 54.2 Å². The lowest BCUT2D eigenvalue weighted by Gasteiger charge is -2.33. The summed E-state index contributed by atoms with van der Waals surface area (Å²) in [5, 5.41) is 0. The highest BCUT2D eigenvalue weighted by Crippen LogP contribution is 2.28. The fraction of sp³-hybridized carbons (Fsp3) is 0.350. The summed E-state index contributed by atoms with van der Waals surface area (Å²) < 4.78 is 18.4. The Hall–Kier alpha value is -3.00. The van der Waals surface area contributed by atoms with Crippen molar-refractivity contribution in [3.8, 4) is 11.5 Å². The summed E-state index contributed by atoms with van der Waals surface area (Å²) in [6.07, 6.45) is 1.73. The van der Waals surface area contributed by atoms with Crippen LogP contribution < -0.4 is 9.80 Å². The molecule has 8 heteroatoms. The Morgan fingerprint density at radius 3 is 2.75 bits per heavy atom. The standard InChI is InChI=1S/C20H22FN5O2/c1-24(2)18-6-3-14(12-22-18)20-23-16-11-15(4-5-17(16)28-20)26-10-9-25(8-7-21)13-19(26)27/h3-6,11-12H,7-10,13H2,1-2H3/i21-1. The number of amides is 1. The lowest BCUT2D eigenvalue weighted by Crippen LogP contribution is -2.50. The van der Waals surface area contributed by atoms with E-state index in [0.717, 1.165) is 17.1 Å². The first-order valence-corrected chi connectivity index (χ1v) is 9.18. The average molecular weight is 382 g/mol. The van der Waals surface area contributed by atoms with Gasteiger partial charge in [-0.25, -0.2) is 14.4 Å². The normalized spacial score (nSPS) is 15.4. The number of hydrogen-bond acceptors (Lipinski definition) is 6. The number of aromatic nitrogens is 2. The van der Waals surface area contributed by atoms with Crippen LogP contribution in [-0.4, -0.2) is 67.7 Å². The summed E-state index contributed by atoms with van der Waals surface area (Å²) in [5.74, 6) is 1.31. The van der Waals surface area contributed by atoms with E-state index in [1.165, 1.54) is 0 Å². The first-order chi connectivity index (χ1) is 13.5. The number of halogens is 1. The monoisotopic (exact) mass is 382 g/mol. The van der Waals surface area contributed by atoms with Gasteiger partial charge in [0.2, 0.25) is 11.8 Å². The Balaban J connectivity index is 1.57. The first-order valence-electron chi connectivity index (χ1n) is 9.18. The van der Waals surface area contributed by atoms with Gasteiger partial charge in [0, 0.05) is 45.6 Å². The molecule has 0 N–H and O–H groups in total. The molecule has 1 aliphatic heterocycles. The van der Waals surface area contributed by atoms with Gasteiger partial charge in [-0.1, -0.05) is 0 Å². The Morgan fingerprint density at radius 1 is 1.21 bits per heavy atom. The van der Waals surface area contributed by atoms with Crippen LogP contribution in [0.2, 0.25) is 0 Å². The third kappa shape index (κ3) is 3.55. The number of carbonyl (C=O) groups excluding carboxylic acids is 1. The van der Waals surface area contributed by atoms with Crippen LogP contribution in [0.5, 0.6) is 0 Å². The van der Waals surface area contributed by atoms with E-state index >= 15 is 0 Å². The largest absolute Gasteiger partial charge is 0.436 e. The van der Waals surface area contributed by atoms with Crippen molar-refractivity contribution in [3.05, 3.63) is 36.5 Å². The van der Waals surface area contributed by atoms with Crippen molar-refractivity contribution in [2.75, 3.05) is 56.7 Å². The maximum absolute atomic E-state index is 12.5. The smallest absolute Gasteiger partial charge is 0.241 e. The quantitative estimate of drug-likeness (QED) is 0.676. The van der Waals surface area contributed by atoms with Crippen molar-refractivity contribution in [2.45, 2.75) is 0 Å². The van der Waals surface area contributed by atoms with E-state index in [0.29, 0.717) is 36.6 Å². The first kappa shape index (κ1) is 18.4. The van der Waals surface area contributed by atoms with Gasteiger partial charge in [0.1, 0.15) is 18.0 Å². The molecule has 0 aliphatic carbocycles. The zero-order valence-corrected chi connectivity index (χ0v) is 15.9. The minimum absolute atomic E-state index is 0.0359. The summed E-state index contributed by atoms with van der Waals surface area (Å²) in [4.78, 5) is 26.9. The van der Waals surface area contributed by atoms with Crippen LogP contribution in [0.3, 0.4) is 0 Å². The molecule has 0 radical (unpaired) electrons. The van der Waals surface area contributed by atoms with Crippen LogP contribution in [0.25, 0.3) is 22.6 Å². The molecule has 1 amide bonds. The van der Waals surface area contributed by atoms with Crippen molar-refractivity contribution in [1.29, 1.82) is 0 Å². The van der Waals surface area contributed by atoms with Crippen LogP contribution in [0.4, 0.5) is 15.9 Å². The third-order valence-electron chi connectivity index (χ3n) is 4.84. The molecular formula is C20H22FN5O2. The van der Waals surface area contributed by atoms with E-state index in [-0.39, 0.29) is 12.5 Å². The minimum atomic E-state index is -0.439. The number of rotatable bonds is 5. The number of oxazole rings is 1. The number of nitrogens with zero attached hydrogens (tertiary/aromatic N) is 5. The molecule has 0 saturated carbocycles. The molecule has 1 aliphatic rings. The molecule has 0 unspecified atom stereocenters. The van der Waals surface area contributed by atoms with Crippen molar-refractivity contribution in [1.82, 2.24) is 14.9 Å². The number of carbonyl (C=O) groups is 1. The molecule has 0 spiro atoms. The predicted molar refractivity (Wildman–Crippen MR) is 106 cm³/mol. The Bertz CT molecular complexity index is 986. The van der Waals surface area contributed by atoms with Crippen molar-refractivity contribution >= 4 is 28.5 Å². The number of pyridine rings is 1.